The summed E-state index contributed by atoms with van der Waals surface area (Å²) in [4.78, 5) is 14.6. The van der Waals surface area contributed by atoms with E-state index in [4.69, 9.17) is 4.74 Å². The summed E-state index contributed by atoms with van der Waals surface area (Å²) >= 11 is 0. The molecule has 1 saturated heterocycles. The van der Waals surface area contributed by atoms with Crippen LogP contribution in [0.4, 0.5) is 5.69 Å². The fourth-order valence-corrected chi connectivity index (χ4v) is 3.28. The van der Waals surface area contributed by atoms with Gasteiger partial charge in [-0.15, -0.1) is 0 Å². The number of aromatic nitrogens is 2. The third-order valence-corrected chi connectivity index (χ3v) is 4.43. The van der Waals surface area contributed by atoms with Crippen LogP contribution in [0.2, 0.25) is 0 Å². The number of carbonyl (C=O) groups is 1. The number of nitrogens with zero attached hydrogens (tertiary/aromatic N) is 3. The van der Waals surface area contributed by atoms with Gasteiger partial charge in [0.15, 0.2) is 0 Å². The first-order valence-electron chi connectivity index (χ1n) is 8.32. The Balaban J connectivity index is 1.68. The van der Waals surface area contributed by atoms with E-state index in [1.807, 2.05) is 19.2 Å². The lowest BCUT2D eigenvalue weighted by molar-refractivity contribution is -0.118. The minimum atomic E-state index is -0.00204. The van der Waals surface area contributed by atoms with E-state index in [1.54, 1.807) is 24.2 Å². The van der Waals surface area contributed by atoms with Crippen LogP contribution in [0.25, 0.3) is 0 Å². The van der Waals surface area contributed by atoms with E-state index in [-0.39, 0.29) is 11.9 Å². The van der Waals surface area contributed by atoms with Gasteiger partial charge in [-0.1, -0.05) is 18.6 Å². The van der Waals surface area contributed by atoms with Gasteiger partial charge in [-0.25, -0.2) is 0 Å². The zero-order chi connectivity index (χ0) is 16.9. The lowest BCUT2D eigenvalue weighted by Crippen LogP contribution is -2.39. The fourth-order valence-electron chi connectivity index (χ4n) is 3.28. The zero-order valence-electron chi connectivity index (χ0n) is 14.2. The van der Waals surface area contributed by atoms with Crippen LogP contribution in [0.5, 0.6) is 5.75 Å². The van der Waals surface area contributed by atoms with Gasteiger partial charge in [0.05, 0.1) is 25.5 Å². The normalized spacial score (nSPS) is 18.3. The third-order valence-electron chi connectivity index (χ3n) is 4.43. The molecule has 1 aromatic heterocycles. The van der Waals surface area contributed by atoms with E-state index in [2.05, 4.69) is 27.4 Å². The van der Waals surface area contributed by atoms with Crippen LogP contribution >= 0.6 is 0 Å². The molecule has 6 nitrogen and oxygen atoms in total. The summed E-state index contributed by atoms with van der Waals surface area (Å²) in [5.74, 6) is 0.857. The summed E-state index contributed by atoms with van der Waals surface area (Å²) in [6.45, 7) is 1.32. The molecule has 0 radical (unpaired) electrons. The number of nitrogens with one attached hydrogen (secondary N) is 1. The smallest absolute Gasteiger partial charge is 0.238 e. The van der Waals surface area contributed by atoms with Crippen LogP contribution in [0.15, 0.2) is 36.7 Å². The van der Waals surface area contributed by atoms with E-state index < -0.39 is 0 Å². The Bertz CT molecular complexity index is 698. The van der Waals surface area contributed by atoms with Crippen molar-refractivity contribution in [3.05, 3.63) is 42.2 Å². The fraction of sp³-hybridized carbons (Fsp3) is 0.444. The molecule has 128 valence electrons. The minimum absolute atomic E-state index is 0.00204. The Morgan fingerprint density at radius 3 is 3.04 bits per heavy atom. The van der Waals surface area contributed by atoms with Crippen molar-refractivity contribution in [2.75, 3.05) is 25.5 Å². The van der Waals surface area contributed by atoms with Gasteiger partial charge in [-0.3, -0.25) is 14.4 Å². The summed E-state index contributed by atoms with van der Waals surface area (Å²) in [7, 11) is 3.51. The van der Waals surface area contributed by atoms with Gasteiger partial charge in [0.25, 0.3) is 0 Å². The van der Waals surface area contributed by atoms with Crippen molar-refractivity contribution in [3.8, 4) is 5.75 Å². The largest absolute Gasteiger partial charge is 0.497 e. The van der Waals surface area contributed by atoms with Crippen molar-refractivity contribution in [2.24, 2.45) is 7.05 Å². The number of carbonyl (C=O) groups excluding carboxylic acids is 1. The molecule has 24 heavy (non-hydrogen) atoms. The standard InChI is InChI=1S/C18H24N4O2/c1-21-12-15(11-19-21)20-18(23)13-22-9-4-3-8-17(22)14-6-5-7-16(10-14)24-2/h5-7,10-12,17H,3-4,8-9,13H2,1-2H3,(H,20,23)/t17-/m0/s1. The molecule has 0 unspecified atom stereocenters. The Kier molecular flexibility index (Phi) is 5.15. The van der Waals surface area contributed by atoms with Gasteiger partial charge >= 0.3 is 0 Å². The first kappa shape index (κ1) is 16.5. The van der Waals surface area contributed by atoms with Crippen LogP contribution < -0.4 is 10.1 Å². The number of hydrogen-bond donors (Lipinski definition) is 1. The number of rotatable bonds is 5. The molecule has 1 atom stereocenters. The van der Waals surface area contributed by atoms with Gasteiger partial charge in [0.2, 0.25) is 5.91 Å². The topological polar surface area (TPSA) is 59.4 Å². The lowest BCUT2D eigenvalue weighted by atomic mass is 9.95. The summed E-state index contributed by atoms with van der Waals surface area (Å²) in [5, 5.41) is 6.99. The molecule has 1 aromatic carbocycles. The van der Waals surface area contributed by atoms with Crippen molar-refractivity contribution in [2.45, 2.75) is 25.3 Å². The number of amides is 1. The van der Waals surface area contributed by atoms with Crippen LogP contribution in [-0.2, 0) is 11.8 Å². The van der Waals surface area contributed by atoms with Crippen LogP contribution in [0.1, 0.15) is 30.9 Å². The average Bonchev–Trinajstić information content (AvgIpc) is 3.00. The molecule has 6 heteroatoms. The van der Waals surface area contributed by atoms with Gasteiger partial charge in [0.1, 0.15) is 5.75 Å². The molecule has 0 bridgehead atoms. The van der Waals surface area contributed by atoms with Crippen molar-refractivity contribution in [1.29, 1.82) is 0 Å². The molecular weight excluding hydrogens is 304 g/mol. The maximum atomic E-state index is 12.4. The Labute approximate surface area is 142 Å². The number of hydrogen-bond acceptors (Lipinski definition) is 4. The highest BCUT2D eigenvalue weighted by molar-refractivity contribution is 5.92. The quantitative estimate of drug-likeness (QED) is 0.916. The van der Waals surface area contributed by atoms with Gasteiger partial charge in [0, 0.05) is 19.3 Å². The molecule has 1 fully saturated rings. The van der Waals surface area contributed by atoms with E-state index in [0.29, 0.717) is 6.54 Å². The first-order chi connectivity index (χ1) is 11.7. The lowest BCUT2D eigenvalue weighted by Gasteiger charge is -2.35. The molecule has 0 aliphatic carbocycles. The van der Waals surface area contributed by atoms with Crippen LogP contribution in [0, 0.1) is 0 Å². The number of benzene rings is 1. The van der Waals surface area contributed by atoms with Crippen molar-refractivity contribution < 1.29 is 9.53 Å². The predicted octanol–water partition coefficient (Wildman–Crippen LogP) is 2.59. The molecule has 1 amide bonds. The maximum absolute atomic E-state index is 12.4. The molecular formula is C18H24N4O2. The molecule has 0 spiro atoms. The minimum Gasteiger partial charge on any atom is -0.497 e. The van der Waals surface area contributed by atoms with Gasteiger partial charge in [-0.05, 0) is 37.1 Å². The number of piperidine rings is 1. The zero-order valence-corrected chi connectivity index (χ0v) is 14.2. The third kappa shape index (κ3) is 3.94. The first-order valence-corrected chi connectivity index (χ1v) is 8.32. The Morgan fingerprint density at radius 2 is 2.29 bits per heavy atom. The van der Waals surface area contributed by atoms with Crippen molar-refractivity contribution in [1.82, 2.24) is 14.7 Å². The monoisotopic (exact) mass is 328 g/mol. The highest BCUT2D eigenvalue weighted by Gasteiger charge is 2.26. The van der Waals surface area contributed by atoms with Crippen molar-refractivity contribution >= 4 is 11.6 Å². The van der Waals surface area contributed by atoms with Gasteiger partial charge < -0.3 is 10.1 Å². The second kappa shape index (κ2) is 7.49. The molecule has 2 aromatic rings. The predicted molar refractivity (Wildman–Crippen MR) is 93.0 cm³/mol. The van der Waals surface area contributed by atoms with E-state index in [0.717, 1.165) is 30.8 Å². The number of ether oxygens (including phenoxy) is 1. The van der Waals surface area contributed by atoms with Crippen molar-refractivity contribution in [3.63, 3.8) is 0 Å². The molecule has 2 heterocycles. The number of likely N-dealkylation sites (tertiary alicyclic amines) is 1. The molecule has 3 rings (SSSR count). The summed E-state index contributed by atoms with van der Waals surface area (Å²) < 4.78 is 7.01. The number of anilines is 1. The number of methoxy groups -OCH3 is 1. The number of aryl methyl sites for hydroxylation is 1. The molecule has 1 aliphatic heterocycles. The van der Waals surface area contributed by atoms with Gasteiger partial charge in [-0.2, -0.15) is 5.10 Å². The molecule has 0 saturated carbocycles. The summed E-state index contributed by atoms with van der Waals surface area (Å²) in [6, 6.07) is 8.41. The Morgan fingerprint density at radius 1 is 1.42 bits per heavy atom. The highest BCUT2D eigenvalue weighted by Crippen LogP contribution is 2.32. The highest BCUT2D eigenvalue weighted by atomic mass is 16.5. The summed E-state index contributed by atoms with van der Waals surface area (Å²) in [5.41, 5.74) is 1.95. The molecule has 1 N–H and O–H groups in total. The van der Waals surface area contributed by atoms with Crippen LogP contribution in [-0.4, -0.2) is 40.8 Å². The summed E-state index contributed by atoms with van der Waals surface area (Å²) in [6.07, 6.45) is 6.83. The maximum Gasteiger partial charge on any atom is 0.238 e. The average molecular weight is 328 g/mol. The van der Waals surface area contributed by atoms with E-state index in [9.17, 15) is 4.79 Å². The van der Waals surface area contributed by atoms with Crippen LogP contribution in [0.3, 0.4) is 0 Å². The van der Waals surface area contributed by atoms with E-state index >= 15 is 0 Å². The molecule has 1 aliphatic rings. The SMILES string of the molecule is COc1cccc([C@@H]2CCCCN2CC(=O)Nc2cnn(C)c2)c1. The Hall–Kier alpha value is -2.34. The second-order valence-electron chi connectivity index (χ2n) is 6.21. The van der Waals surface area contributed by atoms with E-state index in [1.165, 1.54) is 12.0 Å². The second-order valence-corrected chi connectivity index (χ2v) is 6.21.